The summed E-state index contributed by atoms with van der Waals surface area (Å²) >= 11 is 13.1. The van der Waals surface area contributed by atoms with Gasteiger partial charge in [-0.15, -0.1) is 0 Å². The standard InChI is InChI=1S/C40H42Cl2FN5O3/c1-20-28-17-33(32-16-26(19-47(32)40(49)21-8-9-21)51-25-11-10-24(15-25)50-2)48(38-23-14-31(38)45-18-23)39(28)29-13-22(5-4-12-44)34(36(43)37(29)46-20)27-6-3-7-30(41)35(27)42/h3,6-7,13,17,21,23-26,31-32,38,45H,4-5,8-11,14-16,18-19H2,1-2H3/t23-,24+,25-,26+,31-,32-,38+/m1/s1. The maximum absolute atomic E-state index is 17.2. The lowest BCUT2D eigenvalue weighted by Crippen LogP contribution is -2.41. The van der Waals surface area contributed by atoms with E-state index < -0.39 is 5.82 Å². The van der Waals surface area contributed by atoms with Crippen LogP contribution in [0.15, 0.2) is 30.3 Å². The van der Waals surface area contributed by atoms with Crippen LogP contribution in [0.1, 0.15) is 80.4 Å². The number of methoxy groups -OCH3 is 1. The molecule has 3 aliphatic heterocycles. The molecule has 4 aromatic rings. The van der Waals surface area contributed by atoms with E-state index in [4.69, 9.17) is 37.7 Å². The van der Waals surface area contributed by atoms with Crippen molar-refractivity contribution in [2.24, 2.45) is 11.8 Å². The smallest absolute Gasteiger partial charge is 0.226 e. The summed E-state index contributed by atoms with van der Waals surface area (Å²) in [5, 5.41) is 15.6. The van der Waals surface area contributed by atoms with Crippen LogP contribution in [-0.4, -0.2) is 64.9 Å². The molecule has 5 heterocycles. The molecule has 0 unspecified atom stereocenters. The number of fused-ring (bicyclic) bond motifs is 4. The zero-order valence-corrected chi connectivity index (χ0v) is 30.4. The van der Waals surface area contributed by atoms with Crippen LogP contribution in [-0.2, 0) is 20.7 Å². The van der Waals surface area contributed by atoms with Gasteiger partial charge in [0, 0.05) is 78.3 Å². The molecule has 3 aliphatic carbocycles. The summed E-state index contributed by atoms with van der Waals surface area (Å²) < 4.78 is 32.0. The van der Waals surface area contributed by atoms with Gasteiger partial charge in [-0.1, -0.05) is 35.3 Å². The van der Waals surface area contributed by atoms with Crippen molar-refractivity contribution in [3.63, 3.8) is 0 Å². The Labute approximate surface area is 307 Å². The molecule has 266 valence electrons. The highest BCUT2D eigenvalue weighted by Crippen LogP contribution is 2.51. The van der Waals surface area contributed by atoms with Gasteiger partial charge in [-0.3, -0.25) is 4.79 Å². The largest absolute Gasteiger partial charge is 0.381 e. The van der Waals surface area contributed by atoms with Crippen molar-refractivity contribution in [2.75, 3.05) is 20.2 Å². The van der Waals surface area contributed by atoms with E-state index in [9.17, 15) is 10.1 Å². The third-order valence-electron chi connectivity index (χ3n) is 12.3. The number of rotatable bonds is 9. The summed E-state index contributed by atoms with van der Waals surface area (Å²) in [4.78, 5) is 21.0. The van der Waals surface area contributed by atoms with Crippen LogP contribution in [0, 0.1) is 35.9 Å². The topological polar surface area (TPSA) is 92.4 Å². The second-order valence-electron chi connectivity index (χ2n) is 15.3. The number of likely N-dealkylation sites (tertiary alicyclic amines) is 1. The average molecular weight is 731 g/mol. The van der Waals surface area contributed by atoms with E-state index >= 15 is 4.39 Å². The summed E-state index contributed by atoms with van der Waals surface area (Å²) in [6.45, 7) is 3.44. The number of aromatic nitrogens is 2. The van der Waals surface area contributed by atoms with Crippen molar-refractivity contribution in [3.05, 3.63) is 63.1 Å². The third-order valence-corrected chi connectivity index (χ3v) is 13.1. The van der Waals surface area contributed by atoms with Gasteiger partial charge in [0.1, 0.15) is 5.52 Å². The second-order valence-corrected chi connectivity index (χ2v) is 16.1. The van der Waals surface area contributed by atoms with Gasteiger partial charge < -0.3 is 24.3 Å². The Morgan fingerprint density at radius 3 is 2.63 bits per heavy atom. The molecular weight excluding hydrogens is 688 g/mol. The van der Waals surface area contributed by atoms with Gasteiger partial charge in [-0.05, 0) is 81.5 Å². The summed E-state index contributed by atoms with van der Waals surface area (Å²) in [7, 11) is 1.77. The molecule has 0 radical (unpaired) electrons. The molecule has 2 bridgehead atoms. The lowest BCUT2D eigenvalue weighted by Gasteiger charge is -2.39. The Kier molecular flexibility index (Phi) is 8.55. The molecule has 7 atom stereocenters. The minimum atomic E-state index is -0.468. The molecule has 3 saturated carbocycles. The minimum Gasteiger partial charge on any atom is -0.381 e. The fraction of sp³-hybridized carbons (Fsp3) is 0.525. The number of carbonyl (C=O) groups excluding carboxylic acids is 1. The molecule has 6 aliphatic rings. The van der Waals surface area contributed by atoms with E-state index in [-0.39, 0.29) is 59.2 Å². The second kappa shape index (κ2) is 13.0. The van der Waals surface area contributed by atoms with Crippen molar-refractivity contribution in [1.29, 1.82) is 5.26 Å². The van der Waals surface area contributed by atoms with Crippen LogP contribution in [0.5, 0.6) is 0 Å². The SMILES string of the molecule is CO[C@H]1CC[C@@H](O[C@H]2C[C@H](c3cc4c(C)nc5c(F)c(-c6cccc(Cl)c6Cl)c(CCC#N)cc5c4n3[C@H]3[C@H]4CN[C@@H]3C4)N(C(=O)C3CC3)C2)C1. The van der Waals surface area contributed by atoms with E-state index in [1.165, 1.54) is 0 Å². The molecule has 10 rings (SSSR count). The lowest BCUT2D eigenvalue weighted by molar-refractivity contribution is -0.134. The number of halogens is 3. The highest BCUT2D eigenvalue weighted by Gasteiger charge is 2.51. The number of amides is 1. The van der Waals surface area contributed by atoms with Crippen molar-refractivity contribution >= 4 is 50.9 Å². The van der Waals surface area contributed by atoms with Crippen LogP contribution >= 0.6 is 23.2 Å². The first-order valence-electron chi connectivity index (χ1n) is 18.5. The number of carbonyl (C=O) groups is 1. The predicted molar refractivity (Wildman–Crippen MR) is 195 cm³/mol. The highest BCUT2D eigenvalue weighted by atomic mass is 35.5. The minimum absolute atomic E-state index is 0.0722. The van der Waals surface area contributed by atoms with Gasteiger partial charge in [-0.2, -0.15) is 5.26 Å². The van der Waals surface area contributed by atoms with Crippen molar-refractivity contribution < 1.29 is 18.7 Å². The van der Waals surface area contributed by atoms with Gasteiger partial charge in [0.15, 0.2) is 5.82 Å². The Morgan fingerprint density at radius 1 is 1.10 bits per heavy atom. The first kappa shape index (κ1) is 33.6. The zero-order valence-electron chi connectivity index (χ0n) is 28.9. The van der Waals surface area contributed by atoms with E-state index in [0.717, 1.165) is 67.4 Å². The molecule has 1 N–H and O–H groups in total. The van der Waals surface area contributed by atoms with Crippen LogP contribution < -0.4 is 5.32 Å². The fourth-order valence-corrected chi connectivity index (χ4v) is 9.99. The van der Waals surface area contributed by atoms with Gasteiger partial charge in [0.05, 0.1) is 52.0 Å². The predicted octanol–water partition coefficient (Wildman–Crippen LogP) is 8.24. The Hall–Kier alpha value is -3.26. The van der Waals surface area contributed by atoms with Crippen LogP contribution in [0.2, 0.25) is 10.0 Å². The van der Waals surface area contributed by atoms with Crippen LogP contribution in [0.25, 0.3) is 32.9 Å². The normalized spacial score (nSPS) is 28.5. The average Bonchev–Trinajstić information content (AvgIpc) is 3.58. The van der Waals surface area contributed by atoms with Gasteiger partial charge >= 0.3 is 0 Å². The molecule has 11 heteroatoms. The third kappa shape index (κ3) is 5.56. The van der Waals surface area contributed by atoms with Crippen LogP contribution in [0.3, 0.4) is 0 Å². The fourth-order valence-electron chi connectivity index (χ4n) is 9.59. The van der Waals surface area contributed by atoms with Crippen molar-refractivity contribution in [1.82, 2.24) is 19.8 Å². The molecule has 2 aromatic heterocycles. The molecule has 3 saturated heterocycles. The van der Waals surface area contributed by atoms with Crippen molar-refractivity contribution in [3.8, 4) is 17.2 Å². The summed E-state index contributed by atoms with van der Waals surface area (Å²) in [6.07, 6.45) is 7.34. The van der Waals surface area contributed by atoms with Crippen molar-refractivity contribution in [2.45, 2.75) is 101 Å². The van der Waals surface area contributed by atoms with Gasteiger partial charge in [0.2, 0.25) is 5.91 Å². The zero-order chi connectivity index (χ0) is 35.1. The van der Waals surface area contributed by atoms with Gasteiger partial charge in [0.25, 0.3) is 0 Å². The number of aryl methyl sites for hydroxylation is 2. The number of ether oxygens (including phenoxy) is 2. The quantitative estimate of drug-likeness (QED) is 0.187. The van der Waals surface area contributed by atoms with Gasteiger partial charge in [-0.25, -0.2) is 9.37 Å². The number of hydrogen-bond donors (Lipinski definition) is 1. The lowest BCUT2D eigenvalue weighted by atomic mass is 9.79. The van der Waals surface area contributed by atoms with E-state index in [1.54, 1.807) is 25.3 Å². The number of nitrogens with zero attached hydrogens (tertiary/aromatic N) is 4. The Bertz CT molecular complexity index is 2100. The summed E-state index contributed by atoms with van der Waals surface area (Å²) in [5.74, 6) is 0.259. The maximum atomic E-state index is 17.2. The summed E-state index contributed by atoms with van der Waals surface area (Å²) in [5.41, 5.74) is 4.52. The summed E-state index contributed by atoms with van der Waals surface area (Å²) in [6, 6.07) is 12.0. The molecular formula is C40H42Cl2FN5O3. The number of benzene rings is 2. The first-order chi connectivity index (χ1) is 24.7. The van der Waals surface area contributed by atoms with E-state index in [1.807, 2.05) is 13.0 Å². The highest BCUT2D eigenvalue weighted by molar-refractivity contribution is 6.43. The van der Waals surface area contributed by atoms with E-state index in [2.05, 4.69) is 26.9 Å². The number of pyridine rings is 1. The Balaban J connectivity index is 1.23. The maximum Gasteiger partial charge on any atom is 0.226 e. The monoisotopic (exact) mass is 729 g/mol. The van der Waals surface area contributed by atoms with Crippen LogP contribution in [0.4, 0.5) is 4.39 Å². The number of nitriles is 1. The molecule has 1 amide bonds. The molecule has 6 fully saturated rings. The number of hydrogen-bond acceptors (Lipinski definition) is 6. The molecule has 51 heavy (non-hydrogen) atoms. The molecule has 0 spiro atoms. The Morgan fingerprint density at radius 2 is 1.92 bits per heavy atom. The first-order valence-corrected chi connectivity index (χ1v) is 19.2. The molecule has 8 nitrogen and oxygen atoms in total. The molecule has 2 aromatic carbocycles. The van der Waals surface area contributed by atoms with E-state index in [0.29, 0.717) is 58.4 Å². The number of nitrogens with one attached hydrogen (secondary N) is 1.